The van der Waals surface area contributed by atoms with E-state index in [1.165, 1.54) is 21.8 Å². The van der Waals surface area contributed by atoms with E-state index in [4.69, 9.17) is 15.0 Å². The molecule has 0 saturated heterocycles. The summed E-state index contributed by atoms with van der Waals surface area (Å²) in [5.74, 6) is 1.81. The van der Waals surface area contributed by atoms with Gasteiger partial charge in [0.2, 0.25) is 5.95 Å². The summed E-state index contributed by atoms with van der Waals surface area (Å²) in [6, 6.07) is 68.5. The van der Waals surface area contributed by atoms with E-state index in [9.17, 15) is 0 Å². The summed E-state index contributed by atoms with van der Waals surface area (Å²) in [5, 5.41) is 7.06. The Labute approximate surface area is 327 Å². The SMILES string of the molecule is c1ccc(-c2nc(-c3ccccc3)nc(-n3c4ccccc4c4ccc5c6cc(-n7c8ccccc8c8ccccc87)ccc6n(-c6ccccc6)c5c43)n2)cc1. The topological polar surface area (TPSA) is 53.5 Å². The zero-order valence-electron chi connectivity index (χ0n) is 30.7. The average molecular weight is 729 g/mol. The fourth-order valence-electron chi connectivity index (χ4n) is 8.83. The molecule has 0 aliphatic rings. The standard InChI is InChI=1S/C51H32N6/c1-4-16-33(17-5-1)49-52-50(34-18-6-2-7-19-34)54-51(53-49)57-45-27-15-12-24-39(45)40-29-30-41-42-32-36(55-43-25-13-10-22-37(43)38-23-11-14-26-44(38)55)28-31-46(42)56(47(41)48(40)57)35-20-8-3-9-21-35/h1-32H. The molecule has 6 heteroatoms. The number of hydrogen-bond donors (Lipinski definition) is 0. The van der Waals surface area contributed by atoms with Crippen LogP contribution in [-0.2, 0) is 0 Å². The average Bonchev–Trinajstić information content (AvgIpc) is 3.93. The van der Waals surface area contributed by atoms with Crippen LogP contribution in [0.4, 0.5) is 0 Å². The molecule has 12 rings (SSSR count). The number of rotatable bonds is 5. The van der Waals surface area contributed by atoms with Gasteiger partial charge in [0.05, 0.1) is 33.1 Å². The molecule has 4 heterocycles. The van der Waals surface area contributed by atoms with Crippen LogP contribution in [0.25, 0.3) is 106 Å². The third-order valence-corrected chi connectivity index (χ3v) is 11.3. The third-order valence-electron chi connectivity index (χ3n) is 11.3. The van der Waals surface area contributed by atoms with Gasteiger partial charge in [-0.15, -0.1) is 0 Å². The zero-order chi connectivity index (χ0) is 37.5. The van der Waals surface area contributed by atoms with Gasteiger partial charge in [-0.3, -0.25) is 4.57 Å². The lowest BCUT2D eigenvalue weighted by molar-refractivity contribution is 0.953. The Morgan fingerprint density at radius 3 is 1.30 bits per heavy atom. The van der Waals surface area contributed by atoms with Crippen molar-refractivity contribution >= 4 is 65.4 Å². The van der Waals surface area contributed by atoms with Crippen molar-refractivity contribution in [1.29, 1.82) is 0 Å². The summed E-state index contributed by atoms with van der Waals surface area (Å²) in [6.07, 6.45) is 0. The Balaban J connectivity index is 1.22. The zero-order valence-corrected chi connectivity index (χ0v) is 30.7. The Morgan fingerprint density at radius 1 is 0.281 bits per heavy atom. The molecule has 0 amide bonds. The summed E-state index contributed by atoms with van der Waals surface area (Å²) in [7, 11) is 0. The first-order valence-corrected chi connectivity index (χ1v) is 19.2. The van der Waals surface area contributed by atoms with Gasteiger partial charge in [-0.1, -0.05) is 146 Å². The van der Waals surface area contributed by atoms with Crippen molar-refractivity contribution in [3.8, 4) is 40.1 Å². The second-order valence-corrected chi connectivity index (χ2v) is 14.5. The molecule has 0 spiro atoms. The van der Waals surface area contributed by atoms with Crippen LogP contribution >= 0.6 is 0 Å². The maximum absolute atomic E-state index is 5.27. The van der Waals surface area contributed by atoms with Gasteiger partial charge in [-0.05, 0) is 48.5 Å². The third kappa shape index (κ3) is 4.74. The van der Waals surface area contributed by atoms with Gasteiger partial charge < -0.3 is 9.13 Å². The van der Waals surface area contributed by atoms with Crippen LogP contribution in [0.15, 0.2) is 194 Å². The Morgan fingerprint density at radius 2 is 0.719 bits per heavy atom. The molecule has 0 unspecified atom stereocenters. The maximum atomic E-state index is 5.27. The van der Waals surface area contributed by atoms with Gasteiger partial charge in [0.25, 0.3) is 0 Å². The highest BCUT2D eigenvalue weighted by molar-refractivity contribution is 6.24. The summed E-state index contributed by atoms with van der Waals surface area (Å²) >= 11 is 0. The number of benzene rings is 8. The molecule has 6 nitrogen and oxygen atoms in total. The van der Waals surface area contributed by atoms with Crippen molar-refractivity contribution in [2.45, 2.75) is 0 Å². The number of nitrogens with zero attached hydrogens (tertiary/aromatic N) is 6. The summed E-state index contributed by atoms with van der Waals surface area (Å²) < 4.78 is 7.06. The molecule has 0 fully saturated rings. The van der Waals surface area contributed by atoms with E-state index in [2.05, 4.69) is 171 Å². The molecular weight excluding hydrogens is 697 g/mol. The number of fused-ring (bicyclic) bond motifs is 10. The molecule has 0 N–H and O–H groups in total. The minimum absolute atomic E-state index is 0.567. The predicted octanol–water partition coefficient (Wildman–Crippen LogP) is 12.5. The molecule has 0 atom stereocenters. The van der Waals surface area contributed by atoms with E-state index in [-0.39, 0.29) is 0 Å². The Hall–Kier alpha value is -7.83. The van der Waals surface area contributed by atoms with Crippen molar-refractivity contribution in [2.75, 3.05) is 0 Å². The van der Waals surface area contributed by atoms with Gasteiger partial charge in [0, 0.05) is 54.8 Å². The fourth-order valence-corrected chi connectivity index (χ4v) is 8.83. The molecule has 266 valence electrons. The second kappa shape index (κ2) is 12.3. The molecular formula is C51H32N6. The van der Waals surface area contributed by atoms with Crippen LogP contribution in [0.3, 0.4) is 0 Å². The molecule has 0 bridgehead atoms. The lowest BCUT2D eigenvalue weighted by Gasteiger charge is -2.13. The molecule has 4 aromatic heterocycles. The van der Waals surface area contributed by atoms with Gasteiger partial charge in [-0.25, -0.2) is 4.98 Å². The fraction of sp³-hybridized carbons (Fsp3) is 0. The van der Waals surface area contributed by atoms with Crippen molar-refractivity contribution < 1.29 is 0 Å². The van der Waals surface area contributed by atoms with E-state index >= 15 is 0 Å². The van der Waals surface area contributed by atoms with Crippen LogP contribution in [0, 0.1) is 0 Å². The van der Waals surface area contributed by atoms with Crippen LogP contribution in [0.5, 0.6) is 0 Å². The molecule has 0 saturated carbocycles. The molecule has 0 aliphatic heterocycles. The van der Waals surface area contributed by atoms with E-state index in [0.717, 1.165) is 66.1 Å². The van der Waals surface area contributed by atoms with Gasteiger partial charge in [0.1, 0.15) is 0 Å². The Kier molecular flexibility index (Phi) is 6.83. The quantitative estimate of drug-likeness (QED) is 0.177. The molecule has 12 aromatic rings. The van der Waals surface area contributed by atoms with E-state index in [0.29, 0.717) is 17.6 Å². The largest absolute Gasteiger partial charge is 0.309 e. The minimum Gasteiger partial charge on any atom is -0.309 e. The van der Waals surface area contributed by atoms with Crippen LogP contribution in [0.1, 0.15) is 0 Å². The first kappa shape index (κ1) is 31.5. The minimum atomic E-state index is 0.567. The van der Waals surface area contributed by atoms with Crippen LogP contribution in [0.2, 0.25) is 0 Å². The van der Waals surface area contributed by atoms with E-state index in [1.54, 1.807) is 0 Å². The highest BCUT2D eigenvalue weighted by Crippen LogP contribution is 2.43. The van der Waals surface area contributed by atoms with Crippen molar-refractivity contribution in [3.63, 3.8) is 0 Å². The monoisotopic (exact) mass is 728 g/mol. The second-order valence-electron chi connectivity index (χ2n) is 14.5. The summed E-state index contributed by atoms with van der Waals surface area (Å²) in [6.45, 7) is 0. The maximum Gasteiger partial charge on any atom is 0.238 e. The van der Waals surface area contributed by atoms with Crippen molar-refractivity contribution in [3.05, 3.63) is 194 Å². The lowest BCUT2D eigenvalue weighted by atomic mass is 10.1. The molecule has 8 aromatic carbocycles. The number of para-hydroxylation sites is 4. The van der Waals surface area contributed by atoms with Crippen LogP contribution in [-0.4, -0.2) is 28.7 Å². The first-order valence-electron chi connectivity index (χ1n) is 19.2. The molecule has 0 aliphatic carbocycles. The number of hydrogen-bond acceptors (Lipinski definition) is 3. The molecule has 57 heavy (non-hydrogen) atoms. The normalized spacial score (nSPS) is 11.9. The molecule has 0 radical (unpaired) electrons. The first-order chi connectivity index (χ1) is 28.3. The number of aromatic nitrogens is 6. The van der Waals surface area contributed by atoms with Crippen LogP contribution < -0.4 is 0 Å². The van der Waals surface area contributed by atoms with Gasteiger partial charge >= 0.3 is 0 Å². The van der Waals surface area contributed by atoms with Gasteiger partial charge in [0.15, 0.2) is 11.6 Å². The van der Waals surface area contributed by atoms with E-state index < -0.39 is 0 Å². The summed E-state index contributed by atoms with van der Waals surface area (Å²) in [4.78, 5) is 15.6. The highest BCUT2D eigenvalue weighted by Gasteiger charge is 2.24. The Bertz CT molecular complexity index is 3390. The highest BCUT2D eigenvalue weighted by atomic mass is 15.2. The lowest BCUT2D eigenvalue weighted by Crippen LogP contribution is -2.07. The smallest absolute Gasteiger partial charge is 0.238 e. The summed E-state index contributed by atoms with van der Waals surface area (Å²) in [5.41, 5.74) is 10.7. The predicted molar refractivity (Wildman–Crippen MR) is 234 cm³/mol. The van der Waals surface area contributed by atoms with E-state index in [1.807, 2.05) is 36.4 Å². The van der Waals surface area contributed by atoms with Crippen molar-refractivity contribution in [1.82, 2.24) is 28.7 Å². The van der Waals surface area contributed by atoms with Gasteiger partial charge in [-0.2, -0.15) is 9.97 Å². The van der Waals surface area contributed by atoms with Crippen molar-refractivity contribution in [2.24, 2.45) is 0 Å².